The number of carbonyl (C=O) groups is 1. The summed E-state index contributed by atoms with van der Waals surface area (Å²) < 4.78 is 10.9. The molecule has 3 heteroatoms. The third kappa shape index (κ3) is 4.35. The second-order valence-electron chi connectivity index (χ2n) is 4.67. The van der Waals surface area contributed by atoms with Gasteiger partial charge < -0.3 is 9.47 Å². The second-order valence-corrected chi connectivity index (χ2v) is 4.67. The Morgan fingerprint density at radius 2 is 1.62 bits per heavy atom. The van der Waals surface area contributed by atoms with E-state index in [1.165, 1.54) is 5.56 Å². The molecule has 0 aliphatic heterocycles. The Morgan fingerprint density at radius 3 is 2.24 bits per heavy atom. The van der Waals surface area contributed by atoms with Gasteiger partial charge in [-0.25, -0.2) is 0 Å². The van der Waals surface area contributed by atoms with Crippen molar-refractivity contribution < 1.29 is 14.3 Å². The Labute approximate surface area is 125 Å². The highest BCUT2D eigenvalue weighted by atomic mass is 16.5. The lowest BCUT2D eigenvalue weighted by molar-refractivity contribution is 0.0921. The van der Waals surface area contributed by atoms with Crippen LogP contribution in [0, 0.1) is 0 Å². The van der Waals surface area contributed by atoms with E-state index in [9.17, 15) is 4.79 Å². The fourth-order valence-electron chi connectivity index (χ4n) is 1.98. The predicted octanol–water partition coefficient (Wildman–Crippen LogP) is 3.91. The van der Waals surface area contributed by atoms with Gasteiger partial charge in [-0.2, -0.15) is 0 Å². The predicted molar refractivity (Wildman–Crippen MR) is 83.3 cm³/mol. The smallest absolute Gasteiger partial charge is 0.200 e. The number of ketones is 1. The Hall–Kier alpha value is -2.29. The molecule has 21 heavy (non-hydrogen) atoms. The van der Waals surface area contributed by atoms with Crippen LogP contribution in [0.2, 0.25) is 0 Å². The largest absolute Gasteiger partial charge is 0.494 e. The van der Waals surface area contributed by atoms with Crippen LogP contribution in [0.4, 0.5) is 0 Å². The zero-order valence-corrected chi connectivity index (χ0v) is 12.5. The van der Waals surface area contributed by atoms with Crippen molar-refractivity contribution in [2.75, 3.05) is 13.2 Å². The van der Waals surface area contributed by atoms with Crippen LogP contribution in [0.15, 0.2) is 48.5 Å². The summed E-state index contributed by atoms with van der Waals surface area (Å²) in [7, 11) is 0. The van der Waals surface area contributed by atoms with E-state index in [2.05, 4.69) is 6.92 Å². The van der Waals surface area contributed by atoms with Crippen LogP contribution in [0.25, 0.3) is 0 Å². The van der Waals surface area contributed by atoms with E-state index in [0.29, 0.717) is 17.9 Å². The zero-order chi connectivity index (χ0) is 15.1. The average Bonchev–Trinajstić information content (AvgIpc) is 2.53. The summed E-state index contributed by atoms with van der Waals surface area (Å²) in [4.78, 5) is 12.1. The zero-order valence-electron chi connectivity index (χ0n) is 12.5. The van der Waals surface area contributed by atoms with Crippen LogP contribution >= 0.6 is 0 Å². The lowest BCUT2D eigenvalue weighted by atomic mass is 10.1. The van der Waals surface area contributed by atoms with Gasteiger partial charge in [0.15, 0.2) is 12.4 Å². The molecule has 0 bridgehead atoms. The molecule has 0 aliphatic rings. The number of hydrogen-bond donors (Lipinski definition) is 0. The van der Waals surface area contributed by atoms with Gasteiger partial charge in [-0.1, -0.05) is 37.3 Å². The highest BCUT2D eigenvalue weighted by molar-refractivity contribution is 5.97. The van der Waals surface area contributed by atoms with Crippen molar-refractivity contribution in [1.29, 1.82) is 0 Å². The molecule has 2 rings (SSSR count). The first kappa shape index (κ1) is 15.1. The van der Waals surface area contributed by atoms with E-state index < -0.39 is 0 Å². The molecule has 0 unspecified atom stereocenters. The number of aryl methyl sites for hydroxylation is 1. The van der Waals surface area contributed by atoms with Crippen LogP contribution in [-0.4, -0.2) is 19.0 Å². The summed E-state index contributed by atoms with van der Waals surface area (Å²) >= 11 is 0. The van der Waals surface area contributed by atoms with E-state index in [0.717, 1.165) is 12.2 Å². The molecule has 2 aromatic rings. The van der Waals surface area contributed by atoms with Crippen molar-refractivity contribution in [3.05, 3.63) is 59.7 Å². The van der Waals surface area contributed by atoms with Gasteiger partial charge >= 0.3 is 0 Å². The summed E-state index contributed by atoms with van der Waals surface area (Å²) in [6, 6.07) is 15.0. The highest BCUT2D eigenvalue weighted by Crippen LogP contribution is 2.19. The number of hydrogen-bond acceptors (Lipinski definition) is 3. The van der Waals surface area contributed by atoms with Gasteiger partial charge in [0, 0.05) is 11.6 Å². The van der Waals surface area contributed by atoms with Crippen molar-refractivity contribution in [2.45, 2.75) is 20.3 Å². The third-order valence-electron chi connectivity index (χ3n) is 3.17. The topological polar surface area (TPSA) is 35.5 Å². The van der Waals surface area contributed by atoms with Gasteiger partial charge in [0.05, 0.1) is 6.61 Å². The maximum atomic E-state index is 12.1. The molecule has 0 aromatic heterocycles. The summed E-state index contributed by atoms with van der Waals surface area (Å²) in [6.45, 7) is 4.65. The summed E-state index contributed by atoms with van der Waals surface area (Å²) in [5.41, 5.74) is 1.89. The first-order valence-corrected chi connectivity index (χ1v) is 7.20. The van der Waals surface area contributed by atoms with Gasteiger partial charge in [0.1, 0.15) is 11.5 Å². The van der Waals surface area contributed by atoms with E-state index in [1.54, 1.807) is 6.07 Å². The molecule has 0 aliphatic carbocycles. The standard InChI is InChI=1S/C18H20O3/c1-3-14-8-10-15(11-9-14)18(19)13-21-17-7-5-6-16(12-17)20-4-2/h5-12H,3-4,13H2,1-2H3. The Balaban J connectivity index is 1.95. The first-order valence-electron chi connectivity index (χ1n) is 7.20. The van der Waals surface area contributed by atoms with E-state index in [4.69, 9.17) is 9.47 Å². The Kier molecular flexibility index (Phi) is 5.38. The van der Waals surface area contributed by atoms with Gasteiger partial charge in [-0.3, -0.25) is 4.79 Å². The lowest BCUT2D eigenvalue weighted by Gasteiger charge is -2.08. The van der Waals surface area contributed by atoms with Crippen molar-refractivity contribution in [2.24, 2.45) is 0 Å². The minimum Gasteiger partial charge on any atom is -0.494 e. The molecule has 3 nitrogen and oxygen atoms in total. The molecule has 0 saturated heterocycles. The molecule has 0 atom stereocenters. The van der Waals surface area contributed by atoms with Crippen molar-refractivity contribution in [1.82, 2.24) is 0 Å². The summed E-state index contributed by atoms with van der Waals surface area (Å²) in [5, 5.41) is 0. The molecule has 0 spiro atoms. The van der Waals surface area contributed by atoms with Crippen LogP contribution < -0.4 is 9.47 Å². The van der Waals surface area contributed by atoms with Crippen LogP contribution in [0.5, 0.6) is 11.5 Å². The highest BCUT2D eigenvalue weighted by Gasteiger charge is 2.07. The van der Waals surface area contributed by atoms with Crippen LogP contribution in [-0.2, 0) is 6.42 Å². The quantitative estimate of drug-likeness (QED) is 0.723. The van der Waals surface area contributed by atoms with Gasteiger partial charge in [0.25, 0.3) is 0 Å². The summed E-state index contributed by atoms with van der Waals surface area (Å²) in [6.07, 6.45) is 0.967. The SMILES string of the molecule is CCOc1cccc(OCC(=O)c2ccc(CC)cc2)c1. The molecule has 0 radical (unpaired) electrons. The fourth-order valence-corrected chi connectivity index (χ4v) is 1.98. The maximum absolute atomic E-state index is 12.1. The molecule has 0 N–H and O–H groups in total. The van der Waals surface area contributed by atoms with Crippen LogP contribution in [0.1, 0.15) is 29.8 Å². The number of Topliss-reactive ketones (excluding diaryl/α,β-unsaturated/α-hetero) is 1. The molecule has 0 saturated carbocycles. The first-order chi connectivity index (χ1) is 10.2. The Bertz CT molecular complexity index is 588. The average molecular weight is 284 g/mol. The molecular formula is C18H20O3. The Morgan fingerprint density at radius 1 is 0.952 bits per heavy atom. The summed E-state index contributed by atoms with van der Waals surface area (Å²) in [5.74, 6) is 1.36. The molecule has 2 aromatic carbocycles. The number of rotatable bonds is 7. The third-order valence-corrected chi connectivity index (χ3v) is 3.17. The molecule has 0 heterocycles. The van der Waals surface area contributed by atoms with Crippen LogP contribution in [0.3, 0.4) is 0 Å². The maximum Gasteiger partial charge on any atom is 0.200 e. The van der Waals surface area contributed by atoms with Crippen molar-refractivity contribution in [3.63, 3.8) is 0 Å². The minimum atomic E-state index is -0.0283. The normalized spacial score (nSPS) is 10.2. The minimum absolute atomic E-state index is 0.0283. The molecular weight excluding hydrogens is 264 g/mol. The van der Waals surface area contributed by atoms with Crippen molar-refractivity contribution in [3.8, 4) is 11.5 Å². The van der Waals surface area contributed by atoms with Crippen molar-refractivity contribution >= 4 is 5.78 Å². The van der Waals surface area contributed by atoms with Gasteiger partial charge in [-0.05, 0) is 31.0 Å². The van der Waals surface area contributed by atoms with E-state index in [-0.39, 0.29) is 12.4 Å². The molecule has 110 valence electrons. The monoisotopic (exact) mass is 284 g/mol. The van der Waals surface area contributed by atoms with Gasteiger partial charge in [-0.15, -0.1) is 0 Å². The molecule has 0 amide bonds. The lowest BCUT2D eigenvalue weighted by Crippen LogP contribution is -2.11. The number of carbonyl (C=O) groups excluding carboxylic acids is 1. The van der Waals surface area contributed by atoms with E-state index >= 15 is 0 Å². The molecule has 0 fully saturated rings. The number of ether oxygens (including phenoxy) is 2. The second kappa shape index (κ2) is 7.48. The van der Waals surface area contributed by atoms with Gasteiger partial charge in [0.2, 0.25) is 0 Å². The number of benzene rings is 2. The van der Waals surface area contributed by atoms with E-state index in [1.807, 2.05) is 49.4 Å². The fraction of sp³-hybridized carbons (Fsp3) is 0.278.